The zero-order valence-electron chi connectivity index (χ0n) is 11.7. The molecule has 0 aromatic carbocycles. The van der Waals surface area contributed by atoms with Crippen LogP contribution in [0.1, 0.15) is 20.3 Å². The van der Waals surface area contributed by atoms with Gasteiger partial charge in [-0.05, 0) is 31.9 Å². The molecule has 1 rings (SSSR count). The fraction of sp³-hybridized carbons (Fsp3) is 0.500. The third kappa shape index (κ3) is 4.07. The maximum Gasteiger partial charge on any atom is 0.290 e. The summed E-state index contributed by atoms with van der Waals surface area (Å²) in [5.41, 5.74) is 7.37. The number of nitriles is 1. The van der Waals surface area contributed by atoms with Gasteiger partial charge >= 0.3 is 0 Å². The van der Waals surface area contributed by atoms with E-state index < -0.39 is 18.6 Å². The van der Waals surface area contributed by atoms with E-state index in [1.165, 1.54) is 6.08 Å². The number of ether oxygens (including phenoxy) is 1. The number of hydrogen-bond donors (Lipinski definition) is 2. The lowest BCUT2D eigenvalue weighted by Gasteiger charge is -2.33. The van der Waals surface area contributed by atoms with Gasteiger partial charge in [0.05, 0.1) is 17.8 Å². The second kappa shape index (κ2) is 6.53. The van der Waals surface area contributed by atoms with Crippen LogP contribution in [0.3, 0.4) is 0 Å². The van der Waals surface area contributed by atoms with Crippen molar-refractivity contribution in [3.8, 4) is 6.07 Å². The average molecular weight is 283 g/mol. The normalized spacial score (nSPS) is 23.6. The maximum atomic E-state index is 13.7. The number of rotatable bonds is 4. The van der Waals surface area contributed by atoms with E-state index >= 15 is 0 Å². The van der Waals surface area contributed by atoms with Crippen LogP contribution in [-0.4, -0.2) is 25.2 Å². The van der Waals surface area contributed by atoms with Gasteiger partial charge in [0.25, 0.3) is 5.92 Å². The van der Waals surface area contributed by atoms with E-state index in [-0.39, 0.29) is 18.6 Å². The summed E-state index contributed by atoms with van der Waals surface area (Å²) in [6.45, 7) is 6.52. The van der Waals surface area contributed by atoms with Gasteiger partial charge in [-0.25, -0.2) is 8.78 Å². The summed E-state index contributed by atoms with van der Waals surface area (Å²) in [5, 5.41) is 11.5. The number of nitrogens with one attached hydrogen (secondary N) is 1. The first-order valence-electron chi connectivity index (χ1n) is 6.24. The van der Waals surface area contributed by atoms with Crippen LogP contribution in [0, 0.1) is 11.3 Å². The lowest BCUT2D eigenvalue weighted by molar-refractivity contribution is -0.133. The molecular weight excluding hydrogens is 264 g/mol. The van der Waals surface area contributed by atoms with Crippen molar-refractivity contribution in [3.05, 3.63) is 35.2 Å². The Morgan fingerprint density at radius 1 is 1.55 bits per heavy atom. The Morgan fingerprint density at radius 3 is 2.70 bits per heavy atom. The quantitative estimate of drug-likeness (QED) is 0.613. The van der Waals surface area contributed by atoms with E-state index in [2.05, 4.69) is 11.9 Å². The highest BCUT2D eigenvalue weighted by Crippen LogP contribution is 2.27. The molecule has 1 saturated heterocycles. The Balaban J connectivity index is 2.95. The molecule has 1 heterocycles. The summed E-state index contributed by atoms with van der Waals surface area (Å²) >= 11 is 0. The minimum atomic E-state index is -2.95. The van der Waals surface area contributed by atoms with E-state index in [1.807, 2.05) is 6.07 Å². The van der Waals surface area contributed by atoms with Crippen LogP contribution in [0.15, 0.2) is 35.2 Å². The predicted molar refractivity (Wildman–Crippen MR) is 72.7 cm³/mol. The minimum Gasteiger partial charge on any atom is -0.401 e. The van der Waals surface area contributed by atoms with Crippen LogP contribution in [0.5, 0.6) is 0 Å². The molecule has 6 heteroatoms. The molecule has 0 bridgehead atoms. The van der Waals surface area contributed by atoms with Gasteiger partial charge in [0.1, 0.15) is 6.61 Å². The molecule has 0 spiro atoms. The van der Waals surface area contributed by atoms with E-state index in [4.69, 9.17) is 15.7 Å². The predicted octanol–water partition coefficient (Wildman–Crippen LogP) is 2.22. The number of hydrogen-bond acceptors (Lipinski definition) is 4. The molecule has 0 radical (unpaired) electrons. The molecule has 0 saturated carbocycles. The summed E-state index contributed by atoms with van der Waals surface area (Å²) in [6.07, 6.45) is 1.70. The van der Waals surface area contributed by atoms with E-state index in [0.29, 0.717) is 17.0 Å². The fourth-order valence-electron chi connectivity index (χ4n) is 1.98. The molecule has 20 heavy (non-hydrogen) atoms. The Kier molecular flexibility index (Phi) is 5.28. The van der Waals surface area contributed by atoms with Gasteiger partial charge in [-0.2, -0.15) is 5.26 Å². The van der Waals surface area contributed by atoms with Crippen LogP contribution >= 0.6 is 0 Å². The Morgan fingerprint density at radius 2 is 2.20 bits per heavy atom. The molecule has 3 N–H and O–H groups in total. The van der Waals surface area contributed by atoms with Gasteiger partial charge in [-0.1, -0.05) is 6.58 Å². The Hall–Kier alpha value is -1.87. The summed E-state index contributed by atoms with van der Waals surface area (Å²) < 4.78 is 32.3. The van der Waals surface area contributed by atoms with Crippen LogP contribution in [-0.2, 0) is 4.74 Å². The SMILES string of the molecule is C=C(C#N)/C=C(C)/C(NC1CCOCC1(F)F)=C(\C)N. The van der Waals surface area contributed by atoms with E-state index in [0.717, 1.165) is 0 Å². The van der Waals surface area contributed by atoms with Crippen LogP contribution in [0.4, 0.5) is 8.78 Å². The molecule has 0 aliphatic carbocycles. The Labute approximate surface area is 117 Å². The van der Waals surface area contributed by atoms with Gasteiger partial charge in [0, 0.05) is 17.9 Å². The molecule has 0 aromatic rings. The topological polar surface area (TPSA) is 71.1 Å². The van der Waals surface area contributed by atoms with Crippen molar-refractivity contribution in [1.29, 1.82) is 5.26 Å². The summed E-state index contributed by atoms with van der Waals surface area (Å²) in [5.74, 6) is -2.95. The molecular formula is C14H19F2N3O. The summed E-state index contributed by atoms with van der Waals surface area (Å²) in [4.78, 5) is 0. The lowest BCUT2D eigenvalue weighted by Crippen LogP contribution is -2.51. The first-order valence-corrected chi connectivity index (χ1v) is 6.24. The van der Waals surface area contributed by atoms with Crippen molar-refractivity contribution in [2.45, 2.75) is 32.2 Å². The van der Waals surface area contributed by atoms with E-state index in [9.17, 15) is 8.78 Å². The molecule has 4 nitrogen and oxygen atoms in total. The summed E-state index contributed by atoms with van der Waals surface area (Å²) in [7, 11) is 0. The lowest BCUT2D eigenvalue weighted by atomic mass is 10.0. The van der Waals surface area contributed by atoms with Gasteiger partial charge in [-0.15, -0.1) is 0 Å². The number of nitrogens with two attached hydrogens (primary N) is 1. The van der Waals surface area contributed by atoms with Crippen molar-refractivity contribution in [2.24, 2.45) is 5.73 Å². The van der Waals surface area contributed by atoms with Crippen molar-refractivity contribution < 1.29 is 13.5 Å². The van der Waals surface area contributed by atoms with Crippen molar-refractivity contribution in [1.82, 2.24) is 5.32 Å². The van der Waals surface area contributed by atoms with Crippen LogP contribution in [0.2, 0.25) is 0 Å². The molecule has 1 atom stereocenters. The van der Waals surface area contributed by atoms with Gasteiger partial charge in [-0.3, -0.25) is 0 Å². The molecule has 110 valence electrons. The van der Waals surface area contributed by atoms with Crippen molar-refractivity contribution >= 4 is 0 Å². The molecule has 0 aromatic heterocycles. The van der Waals surface area contributed by atoms with Gasteiger partial charge in [0.15, 0.2) is 0 Å². The smallest absolute Gasteiger partial charge is 0.290 e. The largest absolute Gasteiger partial charge is 0.401 e. The second-order valence-corrected chi connectivity index (χ2v) is 4.82. The summed E-state index contributed by atoms with van der Waals surface area (Å²) in [6, 6.07) is 0.841. The molecule has 1 fully saturated rings. The molecule has 0 amide bonds. The fourth-order valence-corrected chi connectivity index (χ4v) is 1.98. The van der Waals surface area contributed by atoms with Crippen molar-refractivity contribution in [2.75, 3.05) is 13.2 Å². The zero-order valence-corrected chi connectivity index (χ0v) is 11.7. The monoisotopic (exact) mass is 283 g/mol. The van der Waals surface area contributed by atoms with Crippen LogP contribution in [0.25, 0.3) is 0 Å². The second-order valence-electron chi connectivity index (χ2n) is 4.82. The third-order valence-corrected chi connectivity index (χ3v) is 3.00. The van der Waals surface area contributed by atoms with Crippen molar-refractivity contribution in [3.63, 3.8) is 0 Å². The minimum absolute atomic E-state index is 0.191. The highest BCUT2D eigenvalue weighted by molar-refractivity contribution is 5.41. The highest BCUT2D eigenvalue weighted by atomic mass is 19.3. The van der Waals surface area contributed by atoms with Crippen LogP contribution < -0.4 is 11.1 Å². The van der Waals surface area contributed by atoms with E-state index in [1.54, 1.807) is 13.8 Å². The van der Waals surface area contributed by atoms with Gasteiger partial charge < -0.3 is 15.8 Å². The first kappa shape index (κ1) is 16.2. The first-order chi connectivity index (χ1) is 9.27. The zero-order chi connectivity index (χ0) is 15.3. The molecule has 1 aliphatic rings. The average Bonchev–Trinajstić information content (AvgIpc) is 2.36. The number of alkyl halides is 2. The van der Waals surface area contributed by atoms with Gasteiger partial charge in [0.2, 0.25) is 0 Å². The maximum absolute atomic E-state index is 13.7. The highest BCUT2D eigenvalue weighted by Gasteiger charge is 2.42. The molecule has 1 unspecified atom stereocenters. The number of nitrogens with zero attached hydrogens (tertiary/aromatic N) is 1. The number of halogens is 2. The Bertz CT molecular complexity index is 485. The third-order valence-electron chi connectivity index (χ3n) is 3.00. The number of allylic oxidation sites excluding steroid dienone is 4. The molecule has 1 aliphatic heterocycles. The standard InChI is InChI=1S/C14H19F2N3O/c1-9(7-17)6-10(2)13(11(3)18)19-12-4-5-20-8-14(12,15)16/h6,12,19H,1,4-5,8,18H2,2-3H3/b10-6+,13-11-.